The average molecular weight is 261 g/mol. The Labute approximate surface area is 106 Å². The first kappa shape index (κ1) is 14.9. The van der Waals surface area contributed by atoms with Gasteiger partial charge in [0, 0.05) is 14.2 Å². The number of rotatable bonds is 7. The Morgan fingerprint density at radius 2 is 1.78 bits per heavy atom. The smallest absolute Gasteiger partial charge is 0.407 e. The van der Waals surface area contributed by atoms with Crippen molar-refractivity contribution < 1.29 is 28.5 Å². The Hall–Kier alpha value is -1.15. The largest absolute Gasteiger partial charge is 0.453 e. The number of hydrogen-bond acceptors (Lipinski definition) is 6. The summed E-state index contributed by atoms with van der Waals surface area (Å²) in [7, 11) is 4.36. The molecule has 0 unspecified atom stereocenters. The van der Waals surface area contributed by atoms with E-state index in [0.29, 0.717) is 0 Å². The van der Waals surface area contributed by atoms with E-state index in [0.717, 1.165) is 0 Å². The first-order chi connectivity index (χ1) is 8.72. The van der Waals surface area contributed by atoms with Gasteiger partial charge in [-0.1, -0.05) is 12.2 Å². The molecule has 18 heavy (non-hydrogen) atoms. The Morgan fingerprint density at radius 1 is 1.11 bits per heavy atom. The molecule has 0 radical (unpaired) electrons. The lowest BCUT2D eigenvalue weighted by Gasteiger charge is -2.25. The quantitative estimate of drug-likeness (QED) is 0.523. The zero-order chi connectivity index (χ0) is 13.4. The molecule has 0 saturated heterocycles. The lowest BCUT2D eigenvalue weighted by atomic mass is 10.2. The molecule has 0 spiro atoms. The second-order valence-corrected chi connectivity index (χ2v) is 3.62. The molecule has 1 aliphatic carbocycles. The molecule has 1 rings (SSSR count). The summed E-state index contributed by atoms with van der Waals surface area (Å²) in [5, 5.41) is 2.64. The lowest BCUT2D eigenvalue weighted by molar-refractivity contribution is -0.142. The Morgan fingerprint density at radius 3 is 2.39 bits per heavy atom. The highest BCUT2D eigenvalue weighted by molar-refractivity contribution is 5.68. The van der Waals surface area contributed by atoms with Gasteiger partial charge in [0.1, 0.15) is 25.8 Å². The standard InChI is InChI=1S/C11H19NO6/c1-14-6-17-9-5-4-8(12-11(13)16-3)10(9)18-7-15-2/h4-5,8-10H,6-7H2,1-3H3,(H,12,13)/t8-,9+,10+/m0/s1. The van der Waals surface area contributed by atoms with E-state index in [4.69, 9.17) is 18.9 Å². The van der Waals surface area contributed by atoms with Gasteiger partial charge in [-0.2, -0.15) is 0 Å². The van der Waals surface area contributed by atoms with Gasteiger partial charge in [0.2, 0.25) is 0 Å². The van der Waals surface area contributed by atoms with Crippen molar-refractivity contribution in [2.45, 2.75) is 18.2 Å². The van der Waals surface area contributed by atoms with Crippen molar-refractivity contribution >= 4 is 6.09 Å². The molecule has 0 saturated carbocycles. The zero-order valence-electron chi connectivity index (χ0n) is 10.8. The van der Waals surface area contributed by atoms with E-state index in [2.05, 4.69) is 10.1 Å². The molecule has 1 N–H and O–H groups in total. The van der Waals surface area contributed by atoms with Crippen LogP contribution in [0.15, 0.2) is 12.2 Å². The molecular weight excluding hydrogens is 242 g/mol. The molecule has 0 fully saturated rings. The fraction of sp³-hybridized carbons (Fsp3) is 0.727. The summed E-state index contributed by atoms with van der Waals surface area (Å²) in [6.45, 7) is 0.255. The van der Waals surface area contributed by atoms with E-state index in [9.17, 15) is 4.79 Å². The summed E-state index contributed by atoms with van der Waals surface area (Å²) in [6, 6.07) is -0.325. The number of methoxy groups -OCH3 is 3. The molecule has 1 amide bonds. The maximum absolute atomic E-state index is 11.2. The van der Waals surface area contributed by atoms with E-state index in [1.165, 1.54) is 21.3 Å². The van der Waals surface area contributed by atoms with Gasteiger partial charge in [-0.05, 0) is 0 Å². The zero-order valence-corrected chi connectivity index (χ0v) is 10.8. The van der Waals surface area contributed by atoms with Gasteiger partial charge in [0.15, 0.2) is 0 Å². The second-order valence-electron chi connectivity index (χ2n) is 3.62. The monoisotopic (exact) mass is 261 g/mol. The molecule has 0 aliphatic heterocycles. The predicted octanol–water partition coefficient (Wildman–Crippen LogP) is 0.259. The predicted molar refractivity (Wildman–Crippen MR) is 62.0 cm³/mol. The first-order valence-corrected chi connectivity index (χ1v) is 5.46. The van der Waals surface area contributed by atoms with Crippen LogP contribution in [0.25, 0.3) is 0 Å². The molecule has 3 atom stereocenters. The fourth-order valence-corrected chi connectivity index (χ4v) is 1.62. The van der Waals surface area contributed by atoms with Crippen LogP contribution in [-0.4, -0.2) is 59.3 Å². The van der Waals surface area contributed by atoms with Gasteiger partial charge in [0.05, 0.1) is 13.2 Å². The Kier molecular flexibility index (Phi) is 6.66. The summed E-state index contributed by atoms with van der Waals surface area (Å²) < 4.78 is 25.1. The van der Waals surface area contributed by atoms with E-state index < -0.39 is 6.09 Å². The van der Waals surface area contributed by atoms with Crippen molar-refractivity contribution in [2.75, 3.05) is 34.9 Å². The number of ether oxygens (including phenoxy) is 5. The van der Waals surface area contributed by atoms with Crippen LogP contribution in [0, 0.1) is 0 Å². The highest BCUT2D eigenvalue weighted by Gasteiger charge is 2.34. The number of alkyl carbamates (subject to hydrolysis) is 1. The van der Waals surface area contributed by atoms with Gasteiger partial charge in [0.25, 0.3) is 0 Å². The third-order valence-corrected chi connectivity index (χ3v) is 2.41. The van der Waals surface area contributed by atoms with Crippen LogP contribution < -0.4 is 5.32 Å². The topological polar surface area (TPSA) is 75.3 Å². The van der Waals surface area contributed by atoms with Gasteiger partial charge < -0.3 is 29.0 Å². The number of carbonyl (C=O) groups is 1. The van der Waals surface area contributed by atoms with Gasteiger partial charge in [-0.25, -0.2) is 4.79 Å². The van der Waals surface area contributed by atoms with Crippen LogP contribution in [0.3, 0.4) is 0 Å². The van der Waals surface area contributed by atoms with Gasteiger partial charge >= 0.3 is 6.09 Å². The van der Waals surface area contributed by atoms with E-state index in [1.807, 2.05) is 0 Å². The van der Waals surface area contributed by atoms with Crippen LogP contribution in [0.5, 0.6) is 0 Å². The van der Waals surface area contributed by atoms with Crippen molar-refractivity contribution in [2.24, 2.45) is 0 Å². The number of amides is 1. The highest BCUT2D eigenvalue weighted by Crippen LogP contribution is 2.19. The molecule has 7 heteroatoms. The van der Waals surface area contributed by atoms with Crippen molar-refractivity contribution in [3.05, 3.63) is 12.2 Å². The Balaban J connectivity index is 2.54. The van der Waals surface area contributed by atoms with Crippen LogP contribution >= 0.6 is 0 Å². The highest BCUT2D eigenvalue weighted by atomic mass is 16.7. The average Bonchev–Trinajstić information content (AvgIpc) is 2.75. The van der Waals surface area contributed by atoms with Crippen molar-refractivity contribution in [1.82, 2.24) is 5.32 Å². The minimum absolute atomic E-state index is 0.110. The SMILES string of the molecule is COCO[C@@H]1[C@@H](NC(=O)OC)C=C[C@H]1OCOC. The molecule has 0 aromatic heterocycles. The van der Waals surface area contributed by atoms with Crippen LogP contribution in [0.4, 0.5) is 4.79 Å². The molecule has 0 aromatic rings. The minimum Gasteiger partial charge on any atom is -0.453 e. The molecule has 104 valence electrons. The third-order valence-electron chi connectivity index (χ3n) is 2.41. The molecule has 0 aromatic carbocycles. The van der Waals surface area contributed by atoms with Crippen molar-refractivity contribution in [3.63, 3.8) is 0 Å². The summed E-state index contributed by atoms with van der Waals surface area (Å²) >= 11 is 0. The maximum atomic E-state index is 11.2. The van der Waals surface area contributed by atoms with Gasteiger partial charge in [-0.15, -0.1) is 0 Å². The maximum Gasteiger partial charge on any atom is 0.407 e. The summed E-state index contributed by atoms with van der Waals surface area (Å²) in [5.74, 6) is 0. The molecule has 7 nitrogen and oxygen atoms in total. The van der Waals surface area contributed by atoms with Crippen molar-refractivity contribution in [1.29, 1.82) is 0 Å². The van der Waals surface area contributed by atoms with Crippen LogP contribution in [-0.2, 0) is 23.7 Å². The normalized spacial score (nSPS) is 26.3. The minimum atomic E-state index is -0.525. The second kappa shape index (κ2) is 8.04. The molecule has 0 bridgehead atoms. The molecule has 1 aliphatic rings. The van der Waals surface area contributed by atoms with Crippen LogP contribution in [0.2, 0.25) is 0 Å². The number of carbonyl (C=O) groups excluding carboxylic acids is 1. The fourth-order valence-electron chi connectivity index (χ4n) is 1.62. The lowest BCUT2D eigenvalue weighted by Crippen LogP contribution is -2.46. The summed E-state index contributed by atoms with van der Waals surface area (Å²) in [4.78, 5) is 11.2. The first-order valence-electron chi connectivity index (χ1n) is 5.46. The number of nitrogens with one attached hydrogen (secondary N) is 1. The number of hydrogen-bond donors (Lipinski definition) is 1. The van der Waals surface area contributed by atoms with E-state index >= 15 is 0 Å². The van der Waals surface area contributed by atoms with Crippen LogP contribution in [0.1, 0.15) is 0 Å². The van der Waals surface area contributed by atoms with Crippen molar-refractivity contribution in [3.8, 4) is 0 Å². The van der Waals surface area contributed by atoms with E-state index in [-0.39, 0.29) is 31.8 Å². The third kappa shape index (κ3) is 4.26. The summed E-state index contributed by atoms with van der Waals surface area (Å²) in [6.07, 6.45) is 2.39. The van der Waals surface area contributed by atoms with E-state index in [1.54, 1.807) is 12.2 Å². The summed E-state index contributed by atoms with van der Waals surface area (Å²) in [5.41, 5.74) is 0. The Bertz CT molecular complexity index is 283. The molecular formula is C11H19NO6. The van der Waals surface area contributed by atoms with Gasteiger partial charge in [-0.3, -0.25) is 0 Å². The molecule has 0 heterocycles.